The highest BCUT2D eigenvalue weighted by atomic mass is 79.9. The summed E-state index contributed by atoms with van der Waals surface area (Å²) < 4.78 is 10.6. The van der Waals surface area contributed by atoms with Gasteiger partial charge in [-0.2, -0.15) is 0 Å². The first-order chi connectivity index (χ1) is 7.29. The molecule has 0 saturated carbocycles. The second kappa shape index (κ2) is 7.09. The summed E-state index contributed by atoms with van der Waals surface area (Å²) >= 11 is 9.45. The van der Waals surface area contributed by atoms with Gasteiger partial charge in [-0.3, -0.25) is 0 Å². The monoisotopic (exact) mass is 292 g/mol. The molecule has 0 N–H and O–H groups in total. The largest absolute Gasteiger partial charge is 0.492 e. The van der Waals surface area contributed by atoms with Gasteiger partial charge in [-0.15, -0.1) is 0 Å². The highest BCUT2D eigenvalue weighted by Crippen LogP contribution is 2.30. The normalized spacial score (nSPS) is 10.3. The zero-order chi connectivity index (χ0) is 11.1. The van der Waals surface area contributed by atoms with Crippen LogP contribution in [0.4, 0.5) is 0 Å². The van der Waals surface area contributed by atoms with Crippen LogP contribution in [0.5, 0.6) is 5.75 Å². The van der Waals surface area contributed by atoms with E-state index >= 15 is 0 Å². The number of ether oxygens (including phenoxy) is 2. The van der Waals surface area contributed by atoms with Gasteiger partial charge in [-0.1, -0.05) is 39.7 Å². The topological polar surface area (TPSA) is 18.5 Å². The zero-order valence-electron chi connectivity index (χ0n) is 8.63. The van der Waals surface area contributed by atoms with Gasteiger partial charge in [-0.25, -0.2) is 0 Å². The van der Waals surface area contributed by atoms with E-state index in [-0.39, 0.29) is 0 Å². The lowest BCUT2D eigenvalue weighted by molar-refractivity contribution is 0.172. The van der Waals surface area contributed by atoms with Gasteiger partial charge in [0.1, 0.15) is 5.75 Å². The summed E-state index contributed by atoms with van der Waals surface area (Å²) in [5, 5.41) is 1.40. The summed E-state index contributed by atoms with van der Waals surface area (Å²) in [6.07, 6.45) is 0.865. The van der Waals surface area contributed by atoms with E-state index in [1.807, 2.05) is 18.2 Å². The maximum Gasteiger partial charge on any atom is 0.141 e. The minimum absolute atomic E-state index is 0.623. The van der Waals surface area contributed by atoms with Crippen molar-refractivity contribution < 1.29 is 9.47 Å². The molecular formula is C11H14BrClO2. The molecule has 0 radical (unpaired) electrons. The molecule has 1 aromatic rings. The Hall–Kier alpha value is -0.250. The number of hydrogen-bond donors (Lipinski definition) is 0. The fourth-order valence-electron chi connectivity index (χ4n) is 1.20. The second-order valence-electron chi connectivity index (χ2n) is 3.06. The fraction of sp³-hybridized carbons (Fsp3) is 0.455. The molecule has 0 unspecified atom stereocenters. The quantitative estimate of drug-likeness (QED) is 0.589. The summed E-state index contributed by atoms with van der Waals surface area (Å²) in [7, 11) is 1.68. The van der Waals surface area contributed by atoms with Crippen molar-refractivity contribution >= 4 is 27.5 Å². The van der Waals surface area contributed by atoms with E-state index in [1.54, 1.807) is 7.11 Å². The molecular weight excluding hydrogens is 279 g/mol. The van der Waals surface area contributed by atoms with Gasteiger partial charge in [0.05, 0.1) is 11.6 Å². The van der Waals surface area contributed by atoms with Crippen LogP contribution in [0.25, 0.3) is 0 Å². The standard InChI is InChI=1S/C11H14BrClO2/c1-14-6-3-7-15-11-9(8-12)4-2-5-10(11)13/h2,4-5H,3,6-8H2,1H3. The van der Waals surface area contributed by atoms with E-state index in [1.165, 1.54) is 0 Å². The third-order valence-corrected chi connectivity index (χ3v) is 2.83. The average molecular weight is 294 g/mol. The molecule has 0 spiro atoms. The maximum atomic E-state index is 6.04. The van der Waals surface area contributed by atoms with Crippen LogP contribution in [0.2, 0.25) is 5.02 Å². The van der Waals surface area contributed by atoms with Gasteiger partial charge in [0.2, 0.25) is 0 Å². The Kier molecular flexibility index (Phi) is 6.06. The molecule has 2 nitrogen and oxygen atoms in total. The fourth-order valence-corrected chi connectivity index (χ4v) is 1.89. The van der Waals surface area contributed by atoms with Gasteiger partial charge in [0.15, 0.2) is 0 Å². The predicted octanol–water partition coefficient (Wildman–Crippen LogP) is 3.65. The summed E-state index contributed by atoms with van der Waals surface area (Å²) in [5.41, 5.74) is 1.07. The summed E-state index contributed by atoms with van der Waals surface area (Å²) in [5.74, 6) is 0.771. The lowest BCUT2D eigenvalue weighted by atomic mass is 10.2. The first-order valence-electron chi connectivity index (χ1n) is 4.74. The number of rotatable bonds is 6. The molecule has 0 heterocycles. The van der Waals surface area contributed by atoms with Gasteiger partial charge in [0.25, 0.3) is 0 Å². The molecule has 0 saturated heterocycles. The second-order valence-corrected chi connectivity index (χ2v) is 4.02. The van der Waals surface area contributed by atoms with Crippen molar-refractivity contribution in [3.63, 3.8) is 0 Å². The number of hydrogen-bond acceptors (Lipinski definition) is 2. The number of alkyl halides is 1. The molecule has 1 rings (SSSR count). The molecule has 1 aromatic carbocycles. The molecule has 0 aliphatic heterocycles. The minimum Gasteiger partial charge on any atom is -0.492 e. The van der Waals surface area contributed by atoms with Gasteiger partial charge in [0, 0.05) is 31.0 Å². The van der Waals surface area contributed by atoms with Crippen molar-refractivity contribution in [1.29, 1.82) is 0 Å². The van der Waals surface area contributed by atoms with Gasteiger partial charge in [-0.05, 0) is 6.07 Å². The summed E-state index contributed by atoms with van der Waals surface area (Å²) in [4.78, 5) is 0. The van der Waals surface area contributed by atoms with E-state index in [9.17, 15) is 0 Å². The first kappa shape index (κ1) is 12.8. The van der Waals surface area contributed by atoms with Crippen LogP contribution in [-0.4, -0.2) is 20.3 Å². The lowest BCUT2D eigenvalue weighted by Gasteiger charge is -2.11. The van der Waals surface area contributed by atoms with E-state index < -0.39 is 0 Å². The van der Waals surface area contributed by atoms with Crippen LogP contribution in [0.1, 0.15) is 12.0 Å². The molecule has 4 heteroatoms. The lowest BCUT2D eigenvalue weighted by Crippen LogP contribution is -2.03. The van der Waals surface area contributed by atoms with Gasteiger partial charge >= 0.3 is 0 Å². The van der Waals surface area contributed by atoms with Crippen molar-refractivity contribution in [2.24, 2.45) is 0 Å². The predicted molar refractivity (Wildman–Crippen MR) is 66.1 cm³/mol. The van der Waals surface area contributed by atoms with Crippen molar-refractivity contribution in [3.8, 4) is 5.75 Å². The molecule has 84 valence electrons. The number of para-hydroxylation sites is 1. The first-order valence-corrected chi connectivity index (χ1v) is 6.24. The Morgan fingerprint density at radius 3 is 2.80 bits per heavy atom. The van der Waals surface area contributed by atoms with Crippen molar-refractivity contribution in [2.75, 3.05) is 20.3 Å². The molecule has 0 aliphatic rings. The molecule has 0 atom stereocenters. The van der Waals surface area contributed by atoms with Crippen LogP contribution >= 0.6 is 27.5 Å². The Bertz CT molecular complexity index is 305. The van der Waals surface area contributed by atoms with Crippen molar-refractivity contribution in [1.82, 2.24) is 0 Å². The summed E-state index contributed by atoms with van der Waals surface area (Å²) in [6.45, 7) is 1.33. The molecule has 0 aromatic heterocycles. The highest BCUT2D eigenvalue weighted by Gasteiger charge is 2.06. The van der Waals surface area contributed by atoms with E-state index in [2.05, 4.69) is 15.9 Å². The third-order valence-electron chi connectivity index (χ3n) is 1.93. The number of methoxy groups -OCH3 is 1. The van der Waals surface area contributed by atoms with Crippen LogP contribution in [-0.2, 0) is 10.1 Å². The highest BCUT2D eigenvalue weighted by molar-refractivity contribution is 9.08. The SMILES string of the molecule is COCCCOc1c(Cl)cccc1CBr. The Morgan fingerprint density at radius 1 is 1.33 bits per heavy atom. The van der Waals surface area contributed by atoms with Crippen molar-refractivity contribution in [2.45, 2.75) is 11.8 Å². The van der Waals surface area contributed by atoms with Crippen LogP contribution < -0.4 is 4.74 Å². The molecule has 0 amide bonds. The van der Waals surface area contributed by atoms with Crippen LogP contribution in [0, 0.1) is 0 Å². The Labute approximate surface area is 104 Å². The smallest absolute Gasteiger partial charge is 0.141 e. The van der Waals surface area contributed by atoms with Gasteiger partial charge < -0.3 is 9.47 Å². The van der Waals surface area contributed by atoms with Crippen molar-refractivity contribution in [3.05, 3.63) is 28.8 Å². The average Bonchev–Trinajstić information content (AvgIpc) is 2.26. The maximum absolute atomic E-state index is 6.04. The van der Waals surface area contributed by atoms with E-state index in [0.29, 0.717) is 18.2 Å². The third kappa shape index (κ3) is 4.01. The summed E-state index contributed by atoms with van der Waals surface area (Å²) in [6, 6.07) is 5.74. The zero-order valence-corrected chi connectivity index (χ0v) is 11.0. The van der Waals surface area contributed by atoms with E-state index in [0.717, 1.165) is 23.1 Å². The Morgan fingerprint density at radius 2 is 2.13 bits per heavy atom. The van der Waals surface area contributed by atoms with Crippen LogP contribution in [0.3, 0.4) is 0 Å². The number of benzene rings is 1. The minimum atomic E-state index is 0.623. The number of halogens is 2. The van der Waals surface area contributed by atoms with Crippen LogP contribution in [0.15, 0.2) is 18.2 Å². The molecule has 15 heavy (non-hydrogen) atoms. The molecule has 0 aliphatic carbocycles. The van der Waals surface area contributed by atoms with E-state index in [4.69, 9.17) is 21.1 Å². The molecule has 0 fully saturated rings. The Balaban J connectivity index is 2.58. The molecule has 0 bridgehead atoms.